The molecular weight excluding hydrogens is 472 g/mol. The molecule has 1 atom stereocenters. The lowest BCUT2D eigenvalue weighted by Gasteiger charge is -2.13. The summed E-state index contributed by atoms with van der Waals surface area (Å²) in [5, 5.41) is 67.5. The van der Waals surface area contributed by atoms with Crippen LogP contribution in [0.2, 0.25) is 0 Å². The predicted octanol–water partition coefficient (Wildman–Crippen LogP) is 3.34. The summed E-state index contributed by atoms with van der Waals surface area (Å²) in [6.45, 7) is 0. The highest BCUT2D eigenvalue weighted by Crippen LogP contribution is 2.34. The third-order valence-corrected chi connectivity index (χ3v) is 5.07. The second-order valence-corrected chi connectivity index (χ2v) is 7.64. The Hall–Kier alpha value is -5.12. The van der Waals surface area contributed by atoms with Crippen LogP contribution in [-0.4, -0.2) is 53.8 Å². The average molecular weight is 494 g/mol. The molecule has 3 aromatic rings. The third-order valence-electron chi connectivity index (χ3n) is 5.07. The third kappa shape index (κ3) is 6.26. The van der Waals surface area contributed by atoms with Crippen LogP contribution in [0.5, 0.6) is 34.5 Å². The molecule has 3 aromatic carbocycles. The van der Waals surface area contributed by atoms with Crippen molar-refractivity contribution in [1.29, 1.82) is 0 Å². The number of carboxylic acids is 1. The number of hydrogen-bond donors (Lipinski definition) is 7. The lowest BCUT2D eigenvalue weighted by Crippen LogP contribution is -2.28. The predicted molar refractivity (Wildman–Crippen MR) is 128 cm³/mol. The van der Waals surface area contributed by atoms with Crippen LogP contribution in [0.4, 0.5) is 0 Å². The van der Waals surface area contributed by atoms with Gasteiger partial charge in [0.15, 0.2) is 34.5 Å². The summed E-state index contributed by atoms with van der Waals surface area (Å²) in [7, 11) is 0. The molecule has 0 spiro atoms. The molecule has 0 amide bonds. The zero-order chi connectivity index (χ0) is 26.4. The quantitative estimate of drug-likeness (QED) is 0.106. The molecule has 3 rings (SSSR count). The number of ether oxygens (including phenoxy) is 1. The van der Waals surface area contributed by atoms with Gasteiger partial charge in [-0.05, 0) is 53.1 Å². The molecule has 0 saturated heterocycles. The average Bonchev–Trinajstić information content (AvgIpc) is 2.83. The van der Waals surface area contributed by atoms with Gasteiger partial charge in [-0.15, -0.1) is 0 Å². The number of aliphatic carboxylic acids is 1. The highest BCUT2D eigenvalue weighted by Gasteiger charge is 2.22. The summed E-state index contributed by atoms with van der Waals surface area (Å²) >= 11 is 0. The number of carbonyl (C=O) groups is 2. The van der Waals surface area contributed by atoms with Gasteiger partial charge in [-0.2, -0.15) is 0 Å². The Bertz CT molecular complexity index is 1360. The van der Waals surface area contributed by atoms with Gasteiger partial charge >= 0.3 is 11.9 Å². The number of carboxylic acid groups (broad SMARTS) is 1. The van der Waals surface area contributed by atoms with Gasteiger partial charge in [0.1, 0.15) is 0 Å². The number of hydrogen-bond acceptors (Lipinski definition) is 9. The van der Waals surface area contributed by atoms with E-state index in [1.54, 1.807) is 6.08 Å². The van der Waals surface area contributed by atoms with Gasteiger partial charge in [-0.25, -0.2) is 9.59 Å². The molecule has 0 heterocycles. The van der Waals surface area contributed by atoms with Gasteiger partial charge in [0.05, 0.1) is 0 Å². The number of rotatable bonds is 8. The van der Waals surface area contributed by atoms with Crippen LogP contribution in [0.1, 0.15) is 22.3 Å². The molecule has 0 unspecified atom stereocenters. The molecule has 10 heteroatoms. The Morgan fingerprint density at radius 1 is 0.750 bits per heavy atom. The molecule has 0 bridgehead atoms. The summed E-state index contributed by atoms with van der Waals surface area (Å²) in [6, 6.07) is 10.5. The fraction of sp³-hybridized carbons (Fsp3) is 0.0769. The summed E-state index contributed by atoms with van der Waals surface area (Å²) in [5.74, 6) is -4.95. The maximum Gasteiger partial charge on any atom is 0.345 e. The lowest BCUT2D eigenvalue weighted by atomic mass is 10.0. The highest BCUT2D eigenvalue weighted by molar-refractivity contribution is 5.91. The molecule has 36 heavy (non-hydrogen) atoms. The smallest absolute Gasteiger partial charge is 0.345 e. The van der Waals surface area contributed by atoms with E-state index < -0.39 is 35.3 Å². The van der Waals surface area contributed by atoms with Crippen molar-refractivity contribution in [2.75, 3.05) is 0 Å². The fourth-order valence-corrected chi connectivity index (χ4v) is 3.18. The van der Waals surface area contributed by atoms with Crippen LogP contribution in [0.3, 0.4) is 0 Å². The Morgan fingerprint density at radius 3 is 2.03 bits per heavy atom. The molecule has 0 saturated carbocycles. The van der Waals surface area contributed by atoms with Gasteiger partial charge in [0.2, 0.25) is 6.10 Å². The zero-order valence-corrected chi connectivity index (χ0v) is 18.6. The molecule has 10 nitrogen and oxygen atoms in total. The van der Waals surface area contributed by atoms with E-state index in [9.17, 15) is 45.3 Å². The van der Waals surface area contributed by atoms with Crippen molar-refractivity contribution < 1.29 is 50.1 Å². The van der Waals surface area contributed by atoms with Crippen LogP contribution < -0.4 is 0 Å². The van der Waals surface area contributed by atoms with Crippen LogP contribution in [0, 0.1) is 0 Å². The molecule has 0 aliphatic heterocycles. The Morgan fingerprint density at radius 2 is 1.39 bits per heavy atom. The van der Waals surface area contributed by atoms with E-state index in [-0.39, 0.29) is 29.2 Å². The monoisotopic (exact) mass is 494 g/mol. The van der Waals surface area contributed by atoms with Crippen molar-refractivity contribution in [2.45, 2.75) is 12.5 Å². The highest BCUT2D eigenvalue weighted by atomic mass is 16.6. The first kappa shape index (κ1) is 25.5. The number of phenolic OH excluding ortho intramolecular Hbond substituents is 6. The molecular formula is C26H22O10. The summed E-state index contributed by atoms with van der Waals surface area (Å²) in [5.41, 5.74) is 1.20. The first-order valence-corrected chi connectivity index (χ1v) is 10.4. The number of aromatic hydroxyl groups is 6. The lowest BCUT2D eigenvalue weighted by molar-refractivity contribution is -0.160. The minimum absolute atomic E-state index is 0.0292. The topological polar surface area (TPSA) is 185 Å². The van der Waals surface area contributed by atoms with Crippen molar-refractivity contribution in [1.82, 2.24) is 0 Å². The number of benzene rings is 3. The van der Waals surface area contributed by atoms with E-state index in [4.69, 9.17) is 4.74 Å². The van der Waals surface area contributed by atoms with E-state index in [2.05, 4.69) is 0 Å². The zero-order valence-electron chi connectivity index (χ0n) is 18.6. The Labute approximate surface area is 204 Å². The minimum Gasteiger partial charge on any atom is -0.504 e. The first-order chi connectivity index (χ1) is 17.0. The summed E-state index contributed by atoms with van der Waals surface area (Å²) in [4.78, 5) is 23.9. The van der Waals surface area contributed by atoms with Crippen molar-refractivity contribution in [2.24, 2.45) is 0 Å². The number of phenols is 6. The second-order valence-electron chi connectivity index (χ2n) is 7.64. The minimum atomic E-state index is -1.61. The second kappa shape index (κ2) is 10.9. The molecule has 0 aliphatic rings. The molecule has 0 fully saturated rings. The van der Waals surface area contributed by atoms with Crippen molar-refractivity contribution in [3.63, 3.8) is 0 Å². The Balaban J connectivity index is 1.80. The largest absolute Gasteiger partial charge is 0.504 e. The van der Waals surface area contributed by atoms with E-state index in [1.165, 1.54) is 48.5 Å². The van der Waals surface area contributed by atoms with Crippen molar-refractivity contribution in [3.8, 4) is 34.5 Å². The van der Waals surface area contributed by atoms with Crippen LogP contribution in [-0.2, 0) is 20.7 Å². The maximum absolute atomic E-state index is 12.3. The van der Waals surface area contributed by atoms with Gasteiger partial charge in [0, 0.05) is 18.1 Å². The Kier molecular flexibility index (Phi) is 7.70. The molecule has 0 aromatic heterocycles. The molecule has 7 N–H and O–H groups in total. The van der Waals surface area contributed by atoms with E-state index in [0.717, 1.165) is 18.2 Å². The normalized spacial score (nSPS) is 12.1. The van der Waals surface area contributed by atoms with Crippen LogP contribution >= 0.6 is 0 Å². The van der Waals surface area contributed by atoms with Crippen LogP contribution in [0.15, 0.2) is 54.6 Å². The first-order valence-electron chi connectivity index (χ1n) is 10.4. The maximum atomic E-state index is 12.3. The van der Waals surface area contributed by atoms with Gasteiger partial charge in [-0.3, -0.25) is 0 Å². The molecule has 0 radical (unpaired) electrons. The SMILES string of the molecule is O=C(/C=C/c1c(/C=C/c2ccc(O)c(O)c2)ccc(O)c1O)O[C@H](Cc1ccc(O)c(O)c1)C(=O)O. The van der Waals surface area contributed by atoms with Gasteiger partial charge < -0.3 is 40.5 Å². The standard InChI is InChI=1S/C26H22O10/c27-18-7-2-14(11-21(18)30)1-4-16-5-9-20(29)25(33)17(16)6-10-24(32)36-23(26(34)35)13-15-3-8-19(28)22(31)12-15/h1-12,23,27-31,33H,13H2,(H,34,35)/b4-1+,10-6+/t23-/m1/s1. The van der Waals surface area contributed by atoms with Gasteiger partial charge in [0.25, 0.3) is 0 Å². The molecule has 186 valence electrons. The van der Waals surface area contributed by atoms with Crippen molar-refractivity contribution >= 4 is 30.2 Å². The summed E-state index contributed by atoms with van der Waals surface area (Å²) < 4.78 is 4.99. The summed E-state index contributed by atoms with van der Waals surface area (Å²) in [6.07, 6.45) is 3.19. The fourth-order valence-electron chi connectivity index (χ4n) is 3.18. The van der Waals surface area contributed by atoms with Crippen LogP contribution in [0.25, 0.3) is 18.2 Å². The number of carbonyl (C=O) groups excluding carboxylic acids is 1. The van der Waals surface area contributed by atoms with E-state index in [0.29, 0.717) is 16.7 Å². The molecule has 0 aliphatic carbocycles. The number of esters is 1. The van der Waals surface area contributed by atoms with E-state index in [1.807, 2.05) is 0 Å². The van der Waals surface area contributed by atoms with Gasteiger partial charge in [-0.1, -0.05) is 30.4 Å². The van der Waals surface area contributed by atoms with E-state index >= 15 is 0 Å². The van der Waals surface area contributed by atoms with Crippen molar-refractivity contribution in [3.05, 3.63) is 76.9 Å².